The quantitative estimate of drug-likeness (QED) is 0.842. The molecule has 122 valence electrons. The minimum Gasteiger partial charge on any atom is -0.504 e. The van der Waals surface area contributed by atoms with E-state index in [0.29, 0.717) is 5.56 Å². The minimum atomic E-state index is -4.30. The summed E-state index contributed by atoms with van der Waals surface area (Å²) in [6.07, 6.45) is -5.28. The second kappa shape index (κ2) is 6.51. The maximum Gasteiger partial charge on any atom is 0.393 e. The number of halogens is 3. The highest BCUT2D eigenvalue weighted by atomic mass is 19.4. The van der Waals surface area contributed by atoms with Gasteiger partial charge in [-0.15, -0.1) is 0 Å². The van der Waals surface area contributed by atoms with Crippen LogP contribution in [0, 0.1) is 22.7 Å². The van der Waals surface area contributed by atoms with Gasteiger partial charge in [-0.3, -0.25) is 0 Å². The predicted molar refractivity (Wildman–Crippen MR) is 78.2 cm³/mol. The van der Waals surface area contributed by atoms with Gasteiger partial charge in [0, 0.05) is 12.5 Å². The van der Waals surface area contributed by atoms with Crippen LogP contribution in [0.2, 0.25) is 0 Å². The average Bonchev–Trinajstić information content (AvgIpc) is 2.51. The Balaban J connectivity index is 2.37. The van der Waals surface area contributed by atoms with Gasteiger partial charge in [-0.1, -0.05) is 24.3 Å². The third-order valence-electron chi connectivity index (χ3n) is 3.43. The topological polar surface area (TPSA) is 88.0 Å². The molecule has 2 aromatic rings. The van der Waals surface area contributed by atoms with Crippen LogP contribution in [0.1, 0.15) is 27.8 Å². The summed E-state index contributed by atoms with van der Waals surface area (Å²) >= 11 is 0. The van der Waals surface area contributed by atoms with Crippen molar-refractivity contribution in [3.8, 4) is 23.6 Å². The Morgan fingerprint density at radius 3 is 2.04 bits per heavy atom. The number of alkyl halides is 3. The molecule has 0 spiro atoms. The fourth-order valence-electron chi connectivity index (χ4n) is 2.31. The van der Waals surface area contributed by atoms with Crippen LogP contribution in [-0.4, -0.2) is 16.4 Å². The van der Waals surface area contributed by atoms with E-state index in [1.165, 1.54) is 24.3 Å². The molecule has 0 saturated carbocycles. The van der Waals surface area contributed by atoms with Crippen LogP contribution in [0.25, 0.3) is 0 Å². The van der Waals surface area contributed by atoms with Gasteiger partial charge < -0.3 is 10.2 Å². The Hall–Kier alpha value is -3.19. The Morgan fingerprint density at radius 2 is 1.54 bits per heavy atom. The Labute approximate surface area is 135 Å². The SMILES string of the molecule is N#Cc1cc(O)c(O)c(C#N)c1Cc1ccc(CC(F)(F)F)cc1. The third kappa shape index (κ3) is 3.76. The van der Waals surface area contributed by atoms with Crippen LogP contribution in [0.3, 0.4) is 0 Å². The van der Waals surface area contributed by atoms with Gasteiger partial charge in [-0.2, -0.15) is 23.7 Å². The van der Waals surface area contributed by atoms with Crippen LogP contribution >= 0.6 is 0 Å². The summed E-state index contributed by atoms with van der Waals surface area (Å²) in [5.41, 5.74) is 0.658. The lowest BCUT2D eigenvalue weighted by Gasteiger charge is -2.11. The van der Waals surface area contributed by atoms with Crippen molar-refractivity contribution in [1.82, 2.24) is 0 Å². The van der Waals surface area contributed by atoms with E-state index in [2.05, 4.69) is 0 Å². The summed E-state index contributed by atoms with van der Waals surface area (Å²) in [6, 6.07) is 10.2. The van der Waals surface area contributed by atoms with E-state index in [9.17, 15) is 23.4 Å². The number of aromatic hydroxyl groups is 2. The zero-order chi connectivity index (χ0) is 17.9. The standard InChI is InChI=1S/C17H11F3N2O2/c18-17(19,20)7-11-3-1-10(2-4-11)5-13-12(8-21)6-15(23)16(24)14(13)9-22/h1-4,6,23-24H,5,7H2. The number of rotatable bonds is 3. The first-order valence-corrected chi connectivity index (χ1v) is 6.77. The Kier molecular flexibility index (Phi) is 4.66. The smallest absolute Gasteiger partial charge is 0.393 e. The van der Waals surface area contributed by atoms with Gasteiger partial charge in [-0.25, -0.2) is 0 Å². The third-order valence-corrected chi connectivity index (χ3v) is 3.43. The number of nitriles is 2. The average molecular weight is 332 g/mol. The van der Waals surface area contributed by atoms with Crippen molar-refractivity contribution in [2.45, 2.75) is 19.0 Å². The van der Waals surface area contributed by atoms with Crippen molar-refractivity contribution >= 4 is 0 Å². The molecule has 0 aliphatic carbocycles. The van der Waals surface area contributed by atoms with Gasteiger partial charge in [-0.05, 0) is 16.7 Å². The van der Waals surface area contributed by atoms with Crippen molar-refractivity contribution in [3.05, 3.63) is 58.1 Å². The highest BCUT2D eigenvalue weighted by molar-refractivity contribution is 5.62. The normalized spacial score (nSPS) is 10.9. The first-order valence-electron chi connectivity index (χ1n) is 6.77. The summed E-state index contributed by atoms with van der Waals surface area (Å²) in [6.45, 7) is 0. The van der Waals surface area contributed by atoms with Gasteiger partial charge in [0.2, 0.25) is 0 Å². The molecule has 0 aliphatic rings. The van der Waals surface area contributed by atoms with Gasteiger partial charge >= 0.3 is 6.18 Å². The lowest BCUT2D eigenvalue weighted by molar-refractivity contribution is -0.127. The van der Waals surface area contributed by atoms with Crippen molar-refractivity contribution in [1.29, 1.82) is 10.5 Å². The first kappa shape index (κ1) is 17.2. The second-order valence-electron chi connectivity index (χ2n) is 5.15. The monoisotopic (exact) mass is 332 g/mol. The maximum atomic E-state index is 12.3. The number of hydrogen-bond acceptors (Lipinski definition) is 4. The number of phenols is 2. The molecule has 0 unspecified atom stereocenters. The van der Waals surface area contributed by atoms with Gasteiger partial charge in [0.1, 0.15) is 11.6 Å². The number of phenolic OH excluding ortho intramolecular Hbond substituents is 2. The number of nitrogens with zero attached hydrogens (tertiary/aromatic N) is 2. The van der Waals surface area contributed by atoms with E-state index >= 15 is 0 Å². The number of hydrogen-bond donors (Lipinski definition) is 2. The summed E-state index contributed by atoms with van der Waals surface area (Å²) in [4.78, 5) is 0. The maximum absolute atomic E-state index is 12.3. The highest BCUT2D eigenvalue weighted by Gasteiger charge is 2.27. The van der Waals surface area contributed by atoms with E-state index in [4.69, 9.17) is 10.5 Å². The lowest BCUT2D eigenvalue weighted by atomic mass is 9.94. The largest absolute Gasteiger partial charge is 0.504 e. The molecular formula is C17H11F3N2O2. The zero-order valence-electron chi connectivity index (χ0n) is 12.2. The molecule has 0 heterocycles. The molecule has 24 heavy (non-hydrogen) atoms. The molecule has 0 aromatic heterocycles. The van der Waals surface area contributed by atoms with E-state index in [1.54, 1.807) is 6.07 Å². The zero-order valence-corrected chi connectivity index (χ0v) is 12.2. The van der Waals surface area contributed by atoms with Gasteiger partial charge in [0.15, 0.2) is 11.5 Å². The molecule has 0 bridgehead atoms. The summed E-state index contributed by atoms with van der Waals surface area (Å²) in [5, 5.41) is 37.5. The fraction of sp³-hybridized carbons (Fsp3) is 0.176. The summed E-state index contributed by atoms with van der Waals surface area (Å²) in [5.74, 6) is -1.20. The molecule has 2 rings (SSSR count). The second-order valence-corrected chi connectivity index (χ2v) is 5.15. The molecule has 0 radical (unpaired) electrons. The molecule has 0 aliphatic heterocycles. The van der Waals surface area contributed by atoms with Crippen LogP contribution in [0.4, 0.5) is 13.2 Å². The molecule has 2 aromatic carbocycles. The fourth-order valence-corrected chi connectivity index (χ4v) is 2.31. The lowest BCUT2D eigenvalue weighted by Crippen LogP contribution is -2.11. The molecule has 0 fully saturated rings. The molecule has 4 nitrogen and oxygen atoms in total. The minimum absolute atomic E-state index is 0.0150. The molecule has 7 heteroatoms. The summed E-state index contributed by atoms with van der Waals surface area (Å²) < 4.78 is 37.0. The highest BCUT2D eigenvalue weighted by Crippen LogP contribution is 2.34. The first-order chi connectivity index (χ1) is 11.2. The molecule has 0 saturated heterocycles. The van der Waals surface area contributed by atoms with E-state index in [1.807, 2.05) is 6.07 Å². The predicted octanol–water partition coefficient (Wildman–Crippen LogP) is 3.54. The van der Waals surface area contributed by atoms with E-state index < -0.39 is 24.1 Å². The van der Waals surface area contributed by atoms with Crippen molar-refractivity contribution in [2.24, 2.45) is 0 Å². The van der Waals surface area contributed by atoms with Gasteiger partial charge in [0.05, 0.1) is 18.1 Å². The Bertz CT molecular complexity index is 845. The number of benzene rings is 2. The molecule has 0 amide bonds. The van der Waals surface area contributed by atoms with Crippen LogP contribution in [-0.2, 0) is 12.8 Å². The van der Waals surface area contributed by atoms with Crippen molar-refractivity contribution in [2.75, 3.05) is 0 Å². The van der Waals surface area contributed by atoms with Crippen LogP contribution in [0.15, 0.2) is 30.3 Å². The van der Waals surface area contributed by atoms with Gasteiger partial charge in [0.25, 0.3) is 0 Å². The van der Waals surface area contributed by atoms with Crippen LogP contribution < -0.4 is 0 Å². The van der Waals surface area contributed by atoms with Crippen molar-refractivity contribution in [3.63, 3.8) is 0 Å². The summed E-state index contributed by atoms with van der Waals surface area (Å²) in [7, 11) is 0. The van der Waals surface area contributed by atoms with E-state index in [-0.39, 0.29) is 28.7 Å². The molecular weight excluding hydrogens is 321 g/mol. The van der Waals surface area contributed by atoms with E-state index in [0.717, 1.165) is 6.07 Å². The van der Waals surface area contributed by atoms with Crippen molar-refractivity contribution < 1.29 is 23.4 Å². The molecule has 2 N–H and O–H groups in total. The Morgan fingerprint density at radius 1 is 0.958 bits per heavy atom. The van der Waals surface area contributed by atoms with Crippen LogP contribution in [0.5, 0.6) is 11.5 Å². The molecule has 0 atom stereocenters.